The van der Waals surface area contributed by atoms with Gasteiger partial charge in [0.25, 0.3) is 5.69 Å². The Hall–Kier alpha value is -2.50. The molecule has 0 spiro atoms. The Morgan fingerprint density at radius 2 is 1.67 bits per heavy atom. The monoisotopic (exact) mass is 398 g/mol. The Bertz CT molecular complexity index is 931. The van der Waals surface area contributed by atoms with Gasteiger partial charge in [0.2, 0.25) is 0 Å². The van der Waals surface area contributed by atoms with E-state index in [-0.39, 0.29) is 15.9 Å². The summed E-state index contributed by atoms with van der Waals surface area (Å²) in [5.74, 6) is 0. The van der Waals surface area contributed by atoms with E-state index in [0.717, 1.165) is 21.7 Å². The van der Waals surface area contributed by atoms with E-state index in [9.17, 15) is 10.1 Å². The van der Waals surface area contributed by atoms with Crippen LogP contribution in [-0.4, -0.2) is 19.0 Å². The maximum Gasteiger partial charge on any atom is 0.269 e. The molecule has 0 aliphatic carbocycles. The summed E-state index contributed by atoms with van der Waals surface area (Å²) in [6.45, 7) is 0. The molecule has 6 heteroatoms. The number of benzene rings is 3. The highest BCUT2D eigenvalue weighted by molar-refractivity contribution is 7.99. The highest BCUT2D eigenvalue weighted by Gasteiger charge is 2.21. The first kappa shape index (κ1) is 19.3. The van der Waals surface area contributed by atoms with Gasteiger partial charge in [0.1, 0.15) is 0 Å². The smallest absolute Gasteiger partial charge is 0.269 e. The summed E-state index contributed by atoms with van der Waals surface area (Å²) in [5.41, 5.74) is 2.90. The van der Waals surface area contributed by atoms with E-state index in [0.29, 0.717) is 5.02 Å². The predicted molar refractivity (Wildman–Crippen MR) is 113 cm³/mol. The fourth-order valence-electron chi connectivity index (χ4n) is 2.74. The minimum Gasteiger partial charge on any atom is -0.378 e. The summed E-state index contributed by atoms with van der Waals surface area (Å²) in [4.78, 5) is 14.0. The number of nitro groups is 1. The molecule has 3 rings (SSSR count). The largest absolute Gasteiger partial charge is 0.378 e. The number of nitro benzene ring substituents is 1. The minimum atomic E-state index is -0.390. The molecule has 3 aromatic rings. The summed E-state index contributed by atoms with van der Waals surface area (Å²) in [7, 11) is 3.98. The SMILES string of the molecule is CN(C)c1ccc(C(Sc2ccccc2)c2cc([N+](=O)[O-])ccc2Cl)cc1. The number of hydrogen-bond donors (Lipinski definition) is 0. The second-order valence-electron chi connectivity index (χ2n) is 6.26. The van der Waals surface area contributed by atoms with Gasteiger partial charge >= 0.3 is 0 Å². The highest BCUT2D eigenvalue weighted by Crippen LogP contribution is 2.44. The summed E-state index contributed by atoms with van der Waals surface area (Å²) in [5, 5.41) is 11.6. The molecule has 4 nitrogen and oxygen atoms in total. The zero-order chi connectivity index (χ0) is 19.4. The first-order valence-electron chi connectivity index (χ1n) is 8.38. The maximum absolute atomic E-state index is 11.3. The van der Waals surface area contributed by atoms with E-state index in [4.69, 9.17) is 11.6 Å². The molecule has 0 fully saturated rings. The third kappa shape index (κ3) is 4.62. The van der Waals surface area contributed by atoms with Crippen molar-refractivity contribution in [2.45, 2.75) is 10.1 Å². The first-order chi connectivity index (χ1) is 13.0. The number of hydrogen-bond acceptors (Lipinski definition) is 4. The van der Waals surface area contributed by atoms with E-state index in [2.05, 4.69) is 0 Å². The number of non-ortho nitro benzene ring substituents is 1. The molecule has 0 aliphatic rings. The van der Waals surface area contributed by atoms with Gasteiger partial charge in [-0.25, -0.2) is 0 Å². The number of halogens is 1. The van der Waals surface area contributed by atoms with Gasteiger partial charge < -0.3 is 4.90 Å². The molecule has 0 N–H and O–H groups in total. The average molecular weight is 399 g/mol. The van der Waals surface area contributed by atoms with Crippen molar-refractivity contribution in [3.63, 3.8) is 0 Å². The van der Waals surface area contributed by atoms with Crippen LogP contribution in [0.3, 0.4) is 0 Å². The van der Waals surface area contributed by atoms with E-state index in [1.807, 2.05) is 73.6 Å². The molecular weight excluding hydrogens is 380 g/mol. The average Bonchev–Trinajstić information content (AvgIpc) is 2.67. The number of thioether (sulfide) groups is 1. The molecule has 0 amide bonds. The van der Waals surface area contributed by atoms with Gasteiger partial charge in [-0.1, -0.05) is 41.9 Å². The lowest BCUT2D eigenvalue weighted by Gasteiger charge is -2.20. The first-order valence-corrected chi connectivity index (χ1v) is 9.64. The molecule has 0 saturated carbocycles. The molecule has 0 heterocycles. The van der Waals surface area contributed by atoms with Crippen LogP contribution in [0.15, 0.2) is 77.7 Å². The van der Waals surface area contributed by atoms with Gasteiger partial charge in [0.15, 0.2) is 0 Å². The summed E-state index contributed by atoms with van der Waals surface area (Å²) >= 11 is 8.07. The zero-order valence-electron chi connectivity index (χ0n) is 15.0. The Labute approximate surface area is 167 Å². The van der Waals surface area contributed by atoms with Gasteiger partial charge in [0.05, 0.1) is 10.2 Å². The van der Waals surface area contributed by atoms with Crippen molar-refractivity contribution < 1.29 is 4.92 Å². The van der Waals surface area contributed by atoms with E-state index in [1.54, 1.807) is 23.9 Å². The summed E-state index contributed by atoms with van der Waals surface area (Å²) < 4.78 is 0. The highest BCUT2D eigenvalue weighted by atomic mass is 35.5. The molecule has 138 valence electrons. The van der Waals surface area contributed by atoms with Crippen LogP contribution in [0.1, 0.15) is 16.4 Å². The molecule has 0 aliphatic heterocycles. The normalized spacial score (nSPS) is 11.8. The molecule has 0 aromatic heterocycles. The molecule has 27 heavy (non-hydrogen) atoms. The second kappa shape index (κ2) is 8.46. The van der Waals surface area contributed by atoms with E-state index >= 15 is 0 Å². The van der Waals surface area contributed by atoms with Crippen molar-refractivity contribution in [3.05, 3.63) is 99.1 Å². The molecule has 1 atom stereocenters. The zero-order valence-corrected chi connectivity index (χ0v) is 16.6. The third-order valence-electron chi connectivity index (χ3n) is 4.18. The van der Waals surface area contributed by atoms with Crippen molar-refractivity contribution in [1.82, 2.24) is 0 Å². The lowest BCUT2D eigenvalue weighted by molar-refractivity contribution is -0.384. The summed E-state index contributed by atoms with van der Waals surface area (Å²) in [6.07, 6.45) is 0. The van der Waals surface area contributed by atoms with Crippen molar-refractivity contribution in [1.29, 1.82) is 0 Å². The van der Waals surface area contributed by atoms with E-state index in [1.165, 1.54) is 6.07 Å². The maximum atomic E-state index is 11.3. The van der Waals surface area contributed by atoms with Crippen LogP contribution >= 0.6 is 23.4 Å². The van der Waals surface area contributed by atoms with Gasteiger partial charge in [0, 0.05) is 41.8 Å². The summed E-state index contributed by atoms with van der Waals surface area (Å²) in [6, 6.07) is 22.7. The van der Waals surface area contributed by atoms with Crippen molar-refractivity contribution in [2.75, 3.05) is 19.0 Å². The Morgan fingerprint density at radius 3 is 2.26 bits per heavy atom. The van der Waals surface area contributed by atoms with Crippen LogP contribution in [0.5, 0.6) is 0 Å². The Morgan fingerprint density at radius 1 is 1.00 bits per heavy atom. The lowest BCUT2D eigenvalue weighted by Crippen LogP contribution is -2.08. The molecular formula is C21H19ClN2O2S. The molecule has 3 aromatic carbocycles. The fraction of sp³-hybridized carbons (Fsp3) is 0.143. The van der Waals surface area contributed by atoms with E-state index < -0.39 is 0 Å². The second-order valence-corrected chi connectivity index (χ2v) is 7.85. The predicted octanol–water partition coefficient (Wildman–Crippen LogP) is 6.20. The fourth-order valence-corrected chi connectivity index (χ4v) is 4.23. The van der Waals surface area contributed by atoms with Crippen molar-refractivity contribution in [2.24, 2.45) is 0 Å². The van der Waals surface area contributed by atoms with Crippen LogP contribution in [-0.2, 0) is 0 Å². The van der Waals surface area contributed by atoms with Crippen LogP contribution in [0.25, 0.3) is 0 Å². The lowest BCUT2D eigenvalue weighted by atomic mass is 10.0. The molecule has 1 unspecified atom stereocenters. The Balaban J connectivity index is 2.07. The van der Waals surface area contributed by atoms with Gasteiger partial charge in [-0.2, -0.15) is 0 Å². The van der Waals surface area contributed by atoms with Gasteiger partial charge in [-0.3, -0.25) is 10.1 Å². The van der Waals surface area contributed by atoms with Crippen LogP contribution in [0.2, 0.25) is 5.02 Å². The van der Waals surface area contributed by atoms with Crippen molar-refractivity contribution in [3.8, 4) is 0 Å². The standard InChI is InChI=1S/C21H19ClN2O2S/c1-23(2)16-10-8-15(9-11-16)21(27-18-6-4-3-5-7-18)19-14-17(24(25)26)12-13-20(19)22/h3-14,21H,1-2H3. The van der Waals surface area contributed by atoms with Gasteiger partial charge in [-0.05, 0) is 41.5 Å². The topological polar surface area (TPSA) is 46.4 Å². The minimum absolute atomic E-state index is 0.0398. The van der Waals surface area contributed by atoms with Crippen LogP contribution in [0.4, 0.5) is 11.4 Å². The quantitative estimate of drug-likeness (QED) is 0.282. The number of anilines is 1. The van der Waals surface area contributed by atoms with Crippen LogP contribution < -0.4 is 4.90 Å². The van der Waals surface area contributed by atoms with Crippen LogP contribution in [0, 0.1) is 10.1 Å². The molecule has 0 saturated heterocycles. The number of rotatable bonds is 6. The molecule has 0 bridgehead atoms. The van der Waals surface area contributed by atoms with Gasteiger partial charge in [-0.15, -0.1) is 11.8 Å². The third-order valence-corrected chi connectivity index (χ3v) is 5.83. The number of nitrogens with zero attached hydrogens (tertiary/aromatic N) is 2. The molecule has 0 radical (unpaired) electrons. The Kier molecular flexibility index (Phi) is 6.04. The van der Waals surface area contributed by atoms with Crippen molar-refractivity contribution >= 4 is 34.7 Å².